The number of halogens is 1. The molecule has 3 aromatic rings. The molecule has 8 heteroatoms. The Balaban J connectivity index is 2.05. The van der Waals surface area contributed by atoms with E-state index in [1.54, 1.807) is 25.1 Å². The zero-order valence-corrected chi connectivity index (χ0v) is 13.9. The molecule has 0 N–H and O–H groups in total. The van der Waals surface area contributed by atoms with Crippen LogP contribution < -0.4 is 4.74 Å². The van der Waals surface area contributed by atoms with Gasteiger partial charge in [-0.25, -0.2) is 9.18 Å². The van der Waals surface area contributed by atoms with Gasteiger partial charge in [-0.3, -0.25) is 15.1 Å². The molecule has 26 heavy (non-hydrogen) atoms. The average Bonchev–Trinajstić information content (AvgIpc) is 2.62. The molecular weight excluding hydrogens is 343 g/mol. The molecule has 0 atom stereocenters. The molecule has 1 aromatic heterocycles. The van der Waals surface area contributed by atoms with Crippen LogP contribution in [-0.2, 0) is 4.74 Å². The Morgan fingerprint density at radius 1 is 1.19 bits per heavy atom. The van der Waals surface area contributed by atoms with E-state index < -0.39 is 16.7 Å². The molecule has 1 heterocycles. The first-order valence-corrected chi connectivity index (χ1v) is 7.50. The Kier molecular flexibility index (Phi) is 4.49. The molecule has 2 aromatic carbocycles. The van der Waals surface area contributed by atoms with Crippen molar-refractivity contribution in [1.29, 1.82) is 0 Å². The van der Waals surface area contributed by atoms with Gasteiger partial charge in [0.2, 0.25) is 0 Å². The molecule has 0 aliphatic heterocycles. The van der Waals surface area contributed by atoms with Gasteiger partial charge in [-0.2, -0.15) is 0 Å². The molecule has 3 rings (SSSR count). The molecule has 0 radical (unpaired) electrons. The van der Waals surface area contributed by atoms with Crippen molar-refractivity contribution in [3.05, 3.63) is 69.7 Å². The fraction of sp³-hybridized carbons (Fsp3) is 0.111. The highest BCUT2D eigenvalue weighted by atomic mass is 19.1. The monoisotopic (exact) mass is 356 g/mol. The molecule has 0 spiro atoms. The number of nitro groups is 1. The van der Waals surface area contributed by atoms with Crippen LogP contribution >= 0.6 is 0 Å². The highest BCUT2D eigenvalue weighted by Gasteiger charge is 2.16. The van der Waals surface area contributed by atoms with Gasteiger partial charge in [-0.05, 0) is 36.8 Å². The maximum Gasteiger partial charge on any atom is 0.338 e. The number of pyridine rings is 1. The number of hydrogen-bond acceptors (Lipinski definition) is 6. The van der Waals surface area contributed by atoms with Crippen molar-refractivity contribution >= 4 is 22.6 Å². The molecule has 0 fully saturated rings. The molecule has 0 aliphatic carbocycles. The molecule has 0 aliphatic rings. The average molecular weight is 356 g/mol. The Hall–Kier alpha value is -3.55. The number of esters is 1. The summed E-state index contributed by atoms with van der Waals surface area (Å²) in [6, 6.07) is 7.93. The summed E-state index contributed by atoms with van der Waals surface area (Å²) in [7, 11) is 1.29. The first-order chi connectivity index (χ1) is 12.4. The topological polar surface area (TPSA) is 91.6 Å². The Labute approximate surface area is 147 Å². The minimum absolute atomic E-state index is 0.155. The number of hydrogen-bond donors (Lipinski definition) is 0. The molecule has 0 saturated carbocycles. The number of nitrogens with zero attached hydrogens (tertiary/aromatic N) is 2. The quantitative estimate of drug-likeness (QED) is 0.396. The molecule has 0 unspecified atom stereocenters. The third-order valence-electron chi connectivity index (χ3n) is 3.80. The van der Waals surface area contributed by atoms with Gasteiger partial charge in [0.1, 0.15) is 5.75 Å². The van der Waals surface area contributed by atoms with E-state index in [9.17, 15) is 19.3 Å². The molecule has 7 nitrogen and oxygen atoms in total. The predicted octanol–water partition coefficient (Wildman–Crippen LogP) is 4.17. The van der Waals surface area contributed by atoms with Crippen molar-refractivity contribution in [2.45, 2.75) is 6.92 Å². The summed E-state index contributed by atoms with van der Waals surface area (Å²) in [4.78, 5) is 26.0. The number of benzene rings is 2. The van der Waals surface area contributed by atoms with Crippen LogP contribution in [0.4, 0.5) is 10.1 Å². The van der Waals surface area contributed by atoms with Gasteiger partial charge in [0.15, 0.2) is 11.6 Å². The number of carbonyl (C=O) groups is 1. The smallest absolute Gasteiger partial charge is 0.338 e. The Morgan fingerprint density at radius 3 is 2.62 bits per heavy atom. The van der Waals surface area contributed by atoms with E-state index in [4.69, 9.17) is 9.47 Å². The highest BCUT2D eigenvalue weighted by Crippen LogP contribution is 2.33. The van der Waals surface area contributed by atoms with E-state index >= 15 is 0 Å². The fourth-order valence-corrected chi connectivity index (χ4v) is 2.50. The summed E-state index contributed by atoms with van der Waals surface area (Å²) in [6.45, 7) is 1.73. The van der Waals surface area contributed by atoms with Gasteiger partial charge in [0, 0.05) is 17.6 Å². The lowest BCUT2D eigenvalue weighted by molar-refractivity contribution is -0.385. The summed E-state index contributed by atoms with van der Waals surface area (Å²) in [5, 5.41) is 11.3. The van der Waals surface area contributed by atoms with Crippen molar-refractivity contribution in [3.63, 3.8) is 0 Å². The lowest BCUT2D eigenvalue weighted by Crippen LogP contribution is -2.04. The number of carbonyl (C=O) groups excluding carboxylic acids is 1. The van der Waals surface area contributed by atoms with E-state index in [1.165, 1.54) is 19.4 Å². The lowest BCUT2D eigenvalue weighted by Gasteiger charge is -2.11. The third-order valence-corrected chi connectivity index (χ3v) is 3.80. The van der Waals surface area contributed by atoms with Crippen LogP contribution in [0.5, 0.6) is 11.5 Å². The first-order valence-electron chi connectivity index (χ1n) is 7.50. The highest BCUT2D eigenvalue weighted by molar-refractivity contribution is 5.97. The fourth-order valence-electron chi connectivity index (χ4n) is 2.50. The van der Waals surface area contributed by atoms with Gasteiger partial charge in [-0.15, -0.1) is 0 Å². The van der Waals surface area contributed by atoms with E-state index in [1.807, 2.05) is 0 Å². The van der Waals surface area contributed by atoms with Crippen molar-refractivity contribution in [2.24, 2.45) is 0 Å². The number of aromatic nitrogens is 1. The number of nitro benzene ring substituents is 1. The summed E-state index contributed by atoms with van der Waals surface area (Å²) >= 11 is 0. The van der Waals surface area contributed by atoms with Gasteiger partial charge in [0.05, 0.1) is 29.2 Å². The van der Waals surface area contributed by atoms with Crippen LogP contribution in [-0.4, -0.2) is 23.0 Å². The van der Waals surface area contributed by atoms with E-state index in [-0.39, 0.29) is 11.4 Å². The van der Waals surface area contributed by atoms with Crippen molar-refractivity contribution in [1.82, 2.24) is 4.98 Å². The van der Waals surface area contributed by atoms with Crippen molar-refractivity contribution in [2.75, 3.05) is 7.11 Å². The SMILES string of the molecule is COC(=O)c1cc2nccc(Oc3ccc([N+](=O)[O-])cc3F)c2cc1C. The minimum Gasteiger partial charge on any atom is -0.465 e. The molecule has 132 valence electrons. The minimum atomic E-state index is -0.855. The number of ether oxygens (including phenoxy) is 2. The Bertz CT molecular complexity index is 1040. The van der Waals surface area contributed by atoms with Crippen molar-refractivity contribution < 1.29 is 23.6 Å². The number of aryl methyl sites for hydroxylation is 1. The van der Waals surface area contributed by atoms with Gasteiger partial charge < -0.3 is 9.47 Å². The summed E-state index contributed by atoms with van der Waals surface area (Å²) < 4.78 is 24.4. The maximum atomic E-state index is 14.1. The molecule has 0 saturated heterocycles. The standard InChI is InChI=1S/C18H13FN2O5/c1-10-7-13-15(9-12(10)18(22)25-2)20-6-5-16(13)26-17-4-3-11(21(23)24)8-14(17)19/h3-9H,1-2H3. The van der Waals surface area contributed by atoms with Gasteiger partial charge >= 0.3 is 5.97 Å². The second-order valence-corrected chi connectivity index (χ2v) is 5.46. The number of non-ortho nitro benzene ring substituents is 1. The third kappa shape index (κ3) is 3.16. The Morgan fingerprint density at radius 2 is 1.96 bits per heavy atom. The van der Waals surface area contributed by atoms with Crippen LogP contribution in [0, 0.1) is 22.9 Å². The normalized spacial score (nSPS) is 10.6. The zero-order chi connectivity index (χ0) is 18.8. The van der Waals surface area contributed by atoms with E-state index in [2.05, 4.69) is 4.98 Å². The van der Waals surface area contributed by atoms with Crippen molar-refractivity contribution in [3.8, 4) is 11.5 Å². The predicted molar refractivity (Wildman–Crippen MR) is 90.9 cm³/mol. The molecular formula is C18H13FN2O5. The molecule has 0 bridgehead atoms. The summed E-state index contributed by atoms with van der Waals surface area (Å²) in [5.74, 6) is -1.19. The summed E-state index contributed by atoms with van der Waals surface area (Å²) in [6.07, 6.45) is 1.46. The molecule has 0 amide bonds. The van der Waals surface area contributed by atoms with Crippen LogP contribution in [0.1, 0.15) is 15.9 Å². The largest absolute Gasteiger partial charge is 0.465 e. The first kappa shape index (κ1) is 17.3. The van der Waals surface area contributed by atoms with Gasteiger partial charge in [0.25, 0.3) is 5.69 Å². The van der Waals surface area contributed by atoms with E-state index in [0.29, 0.717) is 27.8 Å². The lowest BCUT2D eigenvalue weighted by atomic mass is 10.0. The zero-order valence-electron chi connectivity index (χ0n) is 13.9. The number of methoxy groups -OCH3 is 1. The second-order valence-electron chi connectivity index (χ2n) is 5.46. The number of rotatable bonds is 4. The van der Waals surface area contributed by atoms with E-state index in [0.717, 1.165) is 12.1 Å². The van der Waals surface area contributed by atoms with Crippen LogP contribution in [0.3, 0.4) is 0 Å². The van der Waals surface area contributed by atoms with Crippen LogP contribution in [0.25, 0.3) is 10.9 Å². The summed E-state index contributed by atoms with van der Waals surface area (Å²) in [5.41, 5.74) is 1.11. The number of fused-ring (bicyclic) bond motifs is 1. The van der Waals surface area contributed by atoms with Gasteiger partial charge in [-0.1, -0.05) is 0 Å². The van der Waals surface area contributed by atoms with Crippen LogP contribution in [0.2, 0.25) is 0 Å². The maximum absolute atomic E-state index is 14.1. The second kappa shape index (κ2) is 6.75. The van der Waals surface area contributed by atoms with Crippen LogP contribution in [0.15, 0.2) is 42.6 Å².